The fourth-order valence-corrected chi connectivity index (χ4v) is 4.77. The molecule has 1 aromatic carbocycles. The molecule has 1 aliphatic rings. The minimum atomic E-state index is -3.63. The van der Waals surface area contributed by atoms with E-state index in [0.29, 0.717) is 5.76 Å². The Balaban J connectivity index is 1.67. The minimum absolute atomic E-state index is 0.0886. The third kappa shape index (κ3) is 3.12. The number of pyridine rings is 1. The second-order valence-corrected chi connectivity index (χ2v) is 8.17. The molecule has 1 aliphatic heterocycles. The summed E-state index contributed by atoms with van der Waals surface area (Å²) in [5.74, 6) is 0.562. The van der Waals surface area contributed by atoms with Crippen LogP contribution in [0.15, 0.2) is 59.3 Å². The highest BCUT2D eigenvalue weighted by Crippen LogP contribution is 2.36. The number of para-hydroxylation sites is 1. The van der Waals surface area contributed by atoms with E-state index >= 15 is 0 Å². The number of aromatic nitrogens is 1. The minimum Gasteiger partial charge on any atom is -0.468 e. The highest BCUT2D eigenvalue weighted by molar-refractivity contribution is 7.90. The maximum atomic E-state index is 12.9. The first kappa shape index (κ1) is 17.2. The lowest BCUT2D eigenvalue weighted by atomic mass is 10.00. The van der Waals surface area contributed by atoms with Gasteiger partial charge >= 0.3 is 0 Å². The summed E-state index contributed by atoms with van der Waals surface area (Å²) in [5, 5.41) is 1.79. The standard InChI is InChI=1S/C18H19N3O4S/c1-21-18(15-8-9-19-16-7-3-2-6-14(15)16)17(12-25-21)26(22,23)20-11-13-5-4-10-24-13/h2-10,17-18,20H,11-12H2,1H3/t17-,18+/m1/s1. The van der Waals surface area contributed by atoms with Gasteiger partial charge in [0.2, 0.25) is 10.0 Å². The lowest BCUT2D eigenvalue weighted by Crippen LogP contribution is -2.39. The van der Waals surface area contributed by atoms with Gasteiger partial charge in [-0.25, -0.2) is 13.1 Å². The summed E-state index contributed by atoms with van der Waals surface area (Å²) < 4.78 is 33.7. The van der Waals surface area contributed by atoms with E-state index in [1.165, 1.54) is 6.26 Å². The average Bonchev–Trinajstić information content (AvgIpc) is 3.29. The second-order valence-electron chi connectivity index (χ2n) is 6.19. The number of hydrogen-bond acceptors (Lipinski definition) is 6. The van der Waals surface area contributed by atoms with Crippen LogP contribution in [-0.2, 0) is 21.4 Å². The Morgan fingerprint density at radius 3 is 2.88 bits per heavy atom. The Kier molecular flexibility index (Phi) is 4.49. The number of fused-ring (bicyclic) bond motifs is 1. The number of benzene rings is 1. The van der Waals surface area contributed by atoms with Gasteiger partial charge in [-0.15, -0.1) is 0 Å². The normalized spacial score (nSPS) is 21.4. The molecule has 1 saturated heterocycles. The van der Waals surface area contributed by atoms with Gasteiger partial charge in [-0.1, -0.05) is 18.2 Å². The van der Waals surface area contributed by atoms with Crippen molar-refractivity contribution < 1.29 is 17.7 Å². The zero-order chi connectivity index (χ0) is 18.1. The molecule has 3 heterocycles. The molecule has 26 heavy (non-hydrogen) atoms. The van der Waals surface area contributed by atoms with Crippen LogP contribution in [0.4, 0.5) is 0 Å². The van der Waals surface area contributed by atoms with Gasteiger partial charge in [0.25, 0.3) is 0 Å². The highest BCUT2D eigenvalue weighted by Gasteiger charge is 2.43. The zero-order valence-electron chi connectivity index (χ0n) is 14.2. The molecule has 0 bridgehead atoms. The lowest BCUT2D eigenvalue weighted by Gasteiger charge is -2.24. The number of nitrogens with one attached hydrogen (secondary N) is 1. The summed E-state index contributed by atoms with van der Waals surface area (Å²) in [6.07, 6.45) is 3.21. The molecular weight excluding hydrogens is 354 g/mol. The van der Waals surface area contributed by atoms with Crippen LogP contribution in [-0.4, -0.2) is 37.4 Å². The summed E-state index contributed by atoms with van der Waals surface area (Å²) in [6.45, 7) is 0.199. The van der Waals surface area contributed by atoms with E-state index in [-0.39, 0.29) is 13.2 Å². The molecule has 4 rings (SSSR count). The van der Waals surface area contributed by atoms with Crippen LogP contribution in [0.3, 0.4) is 0 Å². The van der Waals surface area contributed by atoms with Crippen molar-refractivity contribution in [2.75, 3.05) is 13.7 Å². The van der Waals surface area contributed by atoms with Crippen molar-refractivity contribution in [3.63, 3.8) is 0 Å². The Hall–Kier alpha value is -2.26. The van der Waals surface area contributed by atoms with E-state index in [1.54, 1.807) is 30.4 Å². The first-order chi connectivity index (χ1) is 12.6. The first-order valence-electron chi connectivity index (χ1n) is 8.26. The third-order valence-corrected chi connectivity index (χ3v) is 6.35. The van der Waals surface area contributed by atoms with Crippen molar-refractivity contribution >= 4 is 20.9 Å². The van der Waals surface area contributed by atoms with Crippen LogP contribution in [0.5, 0.6) is 0 Å². The maximum absolute atomic E-state index is 12.9. The molecular formula is C18H19N3O4S. The molecule has 2 atom stereocenters. The Bertz CT molecular complexity index is 999. The Morgan fingerprint density at radius 1 is 1.23 bits per heavy atom. The van der Waals surface area contributed by atoms with Crippen LogP contribution < -0.4 is 4.72 Å². The molecule has 0 radical (unpaired) electrons. The van der Waals surface area contributed by atoms with Gasteiger partial charge in [0, 0.05) is 18.6 Å². The molecule has 2 aromatic heterocycles. The van der Waals surface area contributed by atoms with E-state index in [4.69, 9.17) is 9.25 Å². The fourth-order valence-electron chi connectivity index (χ4n) is 3.32. The number of sulfonamides is 1. The van der Waals surface area contributed by atoms with Crippen LogP contribution >= 0.6 is 0 Å². The molecule has 8 heteroatoms. The number of hydroxylamine groups is 2. The molecule has 1 N–H and O–H groups in total. The van der Waals surface area contributed by atoms with Gasteiger partial charge in [-0.2, -0.15) is 5.06 Å². The molecule has 0 saturated carbocycles. The molecule has 0 spiro atoms. The van der Waals surface area contributed by atoms with Gasteiger partial charge < -0.3 is 4.42 Å². The molecule has 1 fully saturated rings. The molecule has 0 aliphatic carbocycles. The van der Waals surface area contributed by atoms with E-state index in [0.717, 1.165) is 16.5 Å². The maximum Gasteiger partial charge on any atom is 0.219 e. The molecule has 136 valence electrons. The summed E-state index contributed by atoms with van der Waals surface area (Å²) in [6, 6.07) is 12.6. The third-order valence-electron chi connectivity index (χ3n) is 4.61. The quantitative estimate of drug-likeness (QED) is 0.738. The first-order valence-corrected chi connectivity index (χ1v) is 9.81. The SMILES string of the molecule is CN1OC[C@@H](S(=O)(=O)NCc2ccco2)[C@@H]1c1ccnc2ccccc12. The largest absolute Gasteiger partial charge is 0.468 e. The Labute approximate surface area is 151 Å². The van der Waals surface area contributed by atoms with Gasteiger partial charge in [-0.3, -0.25) is 9.82 Å². The van der Waals surface area contributed by atoms with Gasteiger partial charge in [0.05, 0.1) is 31.0 Å². The van der Waals surface area contributed by atoms with Crippen molar-refractivity contribution in [2.45, 2.75) is 17.8 Å². The predicted octanol–water partition coefficient (Wildman–Crippen LogP) is 2.23. The van der Waals surface area contributed by atoms with E-state index in [9.17, 15) is 8.42 Å². The smallest absolute Gasteiger partial charge is 0.219 e. The molecule has 0 unspecified atom stereocenters. The van der Waals surface area contributed by atoms with E-state index in [2.05, 4.69) is 9.71 Å². The number of furan rings is 1. The summed E-state index contributed by atoms with van der Waals surface area (Å²) in [7, 11) is -1.88. The predicted molar refractivity (Wildman–Crippen MR) is 96.5 cm³/mol. The van der Waals surface area contributed by atoms with Crippen LogP contribution in [0.2, 0.25) is 0 Å². The Morgan fingerprint density at radius 2 is 2.08 bits per heavy atom. The topological polar surface area (TPSA) is 84.7 Å². The van der Waals surface area contributed by atoms with Crippen molar-refractivity contribution in [1.29, 1.82) is 0 Å². The molecule has 3 aromatic rings. The monoisotopic (exact) mass is 373 g/mol. The molecule has 0 amide bonds. The van der Waals surface area contributed by atoms with Crippen LogP contribution in [0, 0.1) is 0 Å². The summed E-state index contributed by atoms with van der Waals surface area (Å²) >= 11 is 0. The van der Waals surface area contributed by atoms with Crippen molar-refractivity contribution in [2.24, 2.45) is 0 Å². The van der Waals surface area contributed by atoms with Crippen molar-refractivity contribution in [3.05, 3.63) is 66.2 Å². The highest BCUT2D eigenvalue weighted by atomic mass is 32.2. The van der Waals surface area contributed by atoms with E-state index in [1.807, 2.05) is 30.3 Å². The summed E-state index contributed by atoms with van der Waals surface area (Å²) in [5.41, 5.74) is 1.70. The fraction of sp³-hybridized carbons (Fsp3) is 0.278. The van der Waals surface area contributed by atoms with Crippen molar-refractivity contribution in [3.8, 4) is 0 Å². The summed E-state index contributed by atoms with van der Waals surface area (Å²) in [4.78, 5) is 9.93. The van der Waals surface area contributed by atoms with Crippen LogP contribution in [0.1, 0.15) is 17.4 Å². The number of hydrogen-bond donors (Lipinski definition) is 1. The number of nitrogens with zero attached hydrogens (tertiary/aromatic N) is 2. The second kappa shape index (κ2) is 6.81. The molecule has 7 nitrogen and oxygen atoms in total. The van der Waals surface area contributed by atoms with Gasteiger partial charge in [-0.05, 0) is 29.8 Å². The average molecular weight is 373 g/mol. The van der Waals surface area contributed by atoms with Gasteiger partial charge in [0.15, 0.2) is 0 Å². The number of rotatable bonds is 5. The zero-order valence-corrected chi connectivity index (χ0v) is 15.0. The van der Waals surface area contributed by atoms with Gasteiger partial charge in [0.1, 0.15) is 11.0 Å². The van der Waals surface area contributed by atoms with E-state index < -0.39 is 21.3 Å². The van der Waals surface area contributed by atoms with Crippen LogP contribution in [0.25, 0.3) is 10.9 Å². The van der Waals surface area contributed by atoms with Crippen molar-refractivity contribution in [1.82, 2.24) is 14.8 Å². The lowest BCUT2D eigenvalue weighted by molar-refractivity contribution is -0.110.